The van der Waals surface area contributed by atoms with Gasteiger partial charge < -0.3 is 0 Å². The van der Waals surface area contributed by atoms with E-state index in [1.165, 1.54) is 334 Å². The first-order valence-corrected chi connectivity index (χ1v) is 37.0. The molecule has 456 valence electrons. The summed E-state index contributed by atoms with van der Waals surface area (Å²) in [4.78, 5) is 0. The van der Waals surface area contributed by atoms with Crippen molar-refractivity contribution in [3.05, 3.63) is 0 Å². The van der Waals surface area contributed by atoms with E-state index in [1.54, 1.807) is 0 Å². The molecular weight excluding hydrogens is 913 g/mol. The minimum atomic E-state index is 1.02. The first-order chi connectivity index (χ1) is 37.0. The van der Waals surface area contributed by atoms with Crippen LogP contribution in [0.5, 0.6) is 0 Å². The van der Waals surface area contributed by atoms with Gasteiger partial charge in [0.15, 0.2) is 0 Å². The lowest BCUT2D eigenvalue weighted by molar-refractivity contribution is 0.271. The number of hydrogen-bond acceptors (Lipinski definition) is 0. The molecule has 0 N–H and O–H groups in total. The third kappa shape index (κ3) is 44.6. The summed E-state index contributed by atoms with van der Waals surface area (Å²) in [5.74, 6) is 12.7. The van der Waals surface area contributed by atoms with E-state index in [-0.39, 0.29) is 0 Å². The molecule has 6 aliphatic carbocycles. The summed E-state index contributed by atoms with van der Waals surface area (Å²) < 4.78 is 0. The average molecular weight is 1070 g/mol. The molecule has 76 heavy (non-hydrogen) atoms. The fourth-order valence-corrected chi connectivity index (χ4v) is 14.6. The second-order valence-electron chi connectivity index (χ2n) is 29.1. The third-order valence-electron chi connectivity index (χ3n) is 21.1. The molecule has 0 saturated heterocycles. The van der Waals surface area contributed by atoms with E-state index < -0.39 is 0 Å². The lowest BCUT2D eigenvalue weighted by atomic mass is 9.80. The quantitative estimate of drug-likeness (QED) is 0.0685. The van der Waals surface area contributed by atoms with Crippen LogP contribution in [0.4, 0.5) is 0 Å². The van der Waals surface area contributed by atoms with Crippen LogP contribution >= 0.6 is 0 Å². The Balaban J connectivity index is 0.000000457. The van der Waals surface area contributed by atoms with Gasteiger partial charge in [-0.25, -0.2) is 0 Å². The van der Waals surface area contributed by atoms with Crippen LogP contribution in [0, 0.1) is 71.0 Å². The molecule has 0 heterocycles. The molecule has 0 aromatic heterocycles. The molecular formula is C76H152. The zero-order valence-electron chi connectivity index (χ0n) is 55.7. The molecule has 0 unspecified atom stereocenters. The van der Waals surface area contributed by atoms with Crippen LogP contribution in [0.1, 0.15) is 417 Å². The Kier molecular flexibility index (Phi) is 51.6. The highest BCUT2D eigenvalue weighted by Crippen LogP contribution is 2.36. The van der Waals surface area contributed by atoms with Crippen molar-refractivity contribution in [3.8, 4) is 0 Å². The molecule has 0 atom stereocenters. The topological polar surface area (TPSA) is 0 Å². The average Bonchev–Trinajstić information content (AvgIpc) is 3.43. The van der Waals surface area contributed by atoms with E-state index in [4.69, 9.17) is 0 Å². The predicted octanol–water partition coefficient (Wildman–Crippen LogP) is 27.9. The van der Waals surface area contributed by atoms with Gasteiger partial charge in [0.25, 0.3) is 0 Å². The van der Waals surface area contributed by atoms with E-state index in [0.29, 0.717) is 0 Å². The van der Waals surface area contributed by atoms with Crippen LogP contribution in [0.25, 0.3) is 0 Å². The Morgan fingerprint density at radius 2 is 0.303 bits per heavy atom. The fraction of sp³-hybridized carbons (Fsp3) is 1.00. The lowest BCUT2D eigenvalue weighted by Gasteiger charge is -2.25. The van der Waals surface area contributed by atoms with Crippen LogP contribution < -0.4 is 0 Å². The van der Waals surface area contributed by atoms with Gasteiger partial charge in [-0.15, -0.1) is 0 Å². The summed E-state index contributed by atoms with van der Waals surface area (Å²) in [6, 6.07) is 0. The minimum Gasteiger partial charge on any atom is -0.0654 e. The van der Waals surface area contributed by atoms with Crippen LogP contribution in [0.3, 0.4) is 0 Å². The van der Waals surface area contributed by atoms with E-state index in [1.807, 2.05) is 0 Å². The maximum atomic E-state index is 2.41. The number of hydrogen-bond donors (Lipinski definition) is 0. The summed E-state index contributed by atoms with van der Waals surface area (Å²) in [5, 5.41) is 0. The smallest absolute Gasteiger partial charge is 0.0414 e. The largest absolute Gasteiger partial charge is 0.0654 e. The van der Waals surface area contributed by atoms with Crippen LogP contribution in [0.15, 0.2) is 0 Å². The number of rotatable bonds is 28. The monoisotopic (exact) mass is 1070 g/mol. The van der Waals surface area contributed by atoms with Gasteiger partial charge in [0.05, 0.1) is 0 Å². The minimum absolute atomic E-state index is 1.02. The molecule has 6 saturated carbocycles. The van der Waals surface area contributed by atoms with Crippen molar-refractivity contribution >= 4 is 0 Å². The Hall–Kier alpha value is 0. The van der Waals surface area contributed by atoms with E-state index in [9.17, 15) is 0 Å². The zero-order chi connectivity index (χ0) is 55.7. The maximum absolute atomic E-state index is 2.41. The molecule has 0 spiro atoms. The van der Waals surface area contributed by atoms with Gasteiger partial charge >= 0.3 is 0 Å². The highest BCUT2D eigenvalue weighted by Gasteiger charge is 2.21. The second kappa shape index (κ2) is 53.0. The van der Waals surface area contributed by atoms with E-state index in [0.717, 1.165) is 71.0 Å². The highest BCUT2D eigenvalue weighted by molar-refractivity contribution is 4.74. The highest BCUT2D eigenvalue weighted by atomic mass is 14.3. The van der Waals surface area contributed by atoms with Crippen LogP contribution in [0.2, 0.25) is 0 Å². The molecule has 0 aromatic rings. The van der Waals surface area contributed by atoms with Gasteiger partial charge in [-0.1, -0.05) is 417 Å². The normalized spacial score (nSPS) is 29.5. The van der Waals surface area contributed by atoms with Crippen LogP contribution in [-0.2, 0) is 0 Å². The molecule has 0 aromatic carbocycles. The standard InChI is InChI=1S/3C14H28.2C12H24.C10H20/c3*1-3-4-5-6-7-8-14-11-9-13(2)10-12-14;2*1-3-4-5-6-12-9-7-11(2)8-10-12;1-3-4-10-7-5-9(2)6-8-10/h3*13-14H,3-12H2,1-2H3;2*11-12H,3-10H2,1-2H3;9-10H,3-8H2,1-2H3. The predicted molar refractivity (Wildman–Crippen MR) is 350 cm³/mol. The van der Waals surface area contributed by atoms with Crippen LogP contribution in [-0.4, -0.2) is 0 Å². The van der Waals surface area contributed by atoms with Crippen molar-refractivity contribution in [1.29, 1.82) is 0 Å². The molecule has 0 bridgehead atoms. The van der Waals surface area contributed by atoms with Crippen molar-refractivity contribution in [1.82, 2.24) is 0 Å². The Morgan fingerprint density at radius 3 is 0.474 bits per heavy atom. The van der Waals surface area contributed by atoms with Crippen molar-refractivity contribution in [3.63, 3.8) is 0 Å². The molecule has 0 heteroatoms. The Morgan fingerprint density at radius 1 is 0.158 bits per heavy atom. The van der Waals surface area contributed by atoms with E-state index in [2.05, 4.69) is 83.1 Å². The van der Waals surface area contributed by atoms with Gasteiger partial charge in [0.2, 0.25) is 0 Å². The Labute approximate surface area is 485 Å². The second-order valence-corrected chi connectivity index (χ2v) is 29.1. The number of unbranched alkanes of at least 4 members (excludes halogenated alkanes) is 16. The van der Waals surface area contributed by atoms with Gasteiger partial charge in [-0.2, -0.15) is 0 Å². The molecule has 0 aliphatic heterocycles. The summed E-state index contributed by atoms with van der Waals surface area (Å²) in [6.07, 6.45) is 77.1. The summed E-state index contributed by atoms with van der Waals surface area (Å²) in [7, 11) is 0. The summed E-state index contributed by atoms with van der Waals surface area (Å²) >= 11 is 0. The Bertz CT molecular complexity index is 985. The lowest BCUT2D eigenvalue weighted by Crippen LogP contribution is -2.12. The van der Waals surface area contributed by atoms with Crippen molar-refractivity contribution in [2.45, 2.75) is 417 Å². The third-order valence-corrected chi connectivity index (χ3v) is 21.1. The molecule has 6 aliphatic rings. The van der Waals surface area contributed by atoms with Gasteiger partial charge in [-0.05, 0) is 71.0 Å². The molecule has 6 fully saturated rings. The molecule has 6 rings (SSSR count). The molecule has 0 radical (unpaired) electrons. The van der Waals surface area contributed by atoms with Crippen molar-refractivity contribution < 1.29 is 0 Å². The van der Waals surface area contributed by atoms with Crippen molar-refractivity contribution in [2.24, 2.45) is 71.0 Å². The van der Waals surface area contributed by atoms with E-state index >= 15 is 0 Å². The fourth-order valence-electron chi connectivity index (χ4n) is 14.6. The van der Waals surface area contributed by atoms with Gasteiger partial charge in [0.1, 0.15) is 0 Å². The van der Waals surface area contributed by atoms with Gasteiger partial charge in [-0.3, -0.25) is 0 Å². The first kappa shape index (κ1) is 74.0. The van der Waals surface area contributed by atoms with Gasteiger partial charge in [0, 0.05) is 0 Å². The van der Waals surface area contributed by atoms with Crippen molar-refractivity contribution in [2.75, 3.05) is 0 Å². The maximum Gasteiger partial charge on any atom is -0.0414 e. The SMILES string of the molecule is CCCC1CCC(C)CC1.CCCCCC1CCC(C)CC1.CCCCCC1CCC(C)CC1.CCCCCCCC1CCC(C)CC1.CCCCCCCC1CCC(C)CC1.CCCCCCCC1CCC(C)CC1. The molecule has 0 nitrogen and oxygen atoms in total. The summed E-state index contributed by atoms with van der Waals surface area (Å²) in [6.45, 7) is 28.2. The zero-order valence-corrected chi connectivity index (χ0v) is 55.7. The summed E-state index contributed by atoms with van der Waals surface area (Å²) in [5.41, 5.74) is 0. The first-order valence-electron chi connectivity index (χ1n) is 37.0. The molecule has 0 amide bonds.